The summed E-state index contributed by atoms with van der Waals surface area (Å²) in [7, 11) is 1.50. The Morgan fingerprint density at radius 2 is 2.04 bits per heavy atom. The van der Waals surface area contributed by atoms with Gasteiger partial charge in [0.25, 0.3) is 5.91 Å². The van der Waals surface area contributed by atoms with Crippen molar-refractivity contribution in [1.29, 1.82) is 0 Å². The lowest BCUT2D eigenvalue weighted by Crippen LogP contribution is -2.36. The number of benzene rings is 1. The molecule has 0 saturated carbocycles. The van der Waals surface area contributed by atoms with Gasteiger partial charge in [-0.15, -0.1) is 11.3 Å². The Morgan fingerprint density at radius 1 is 1.31 bits per heavy atom. The third-order valence-electron chi connectivity index (χ3n) is 3.75. The topological polar surface area (TPSA) is 91.8 Å². The zero-order valence-corrected chi connectivity index (χ0v) is 15.2. The highest BCUT2D eigenvalue weighted by atomic mass is 32.1. The fraction of sp³-hybridized carbons (Fsp3) is 0.294. The molecule has 1 aliphatic heterocycles. The average Bonchev–Trinajstić information content (AvgIpc) is 3.15. The fourth-order valence-corrected chi connectivity index (χ4v) is 3.06. The van der Waals surface area contributed by atoms with Crippen LogP contribution in [0.3, 0.4) is 0 Å². The zero-order chi connectivity index (χ0) is 18.7. The van der Waals surface area contributed by atoms with Gasteiger partial charge in [0.2, 0.25) is 0 Å². The molecular formula is C17H18N4O4S. The first-order valence-electron chi connectivity index (χ1n) is 7.91. The van der Waals surface area contributed by atoms with Gasteiger partial charge in [0, 0.05) is 18.1 Å². The van der Waals surface area contributed by atoms with E-state index in [0.29, 0.717) is 10.8 Å². The van der Waals surface area contributed by atoms with Crippen LogP contribution < -0.4 is 5.32 Å². The summed E-state index contributed by atoms with van der Waals surface area (Å²) in [5, 5.41) is 5.65. The molecule has 136 valence electrons. The molecule has 1 saturated heterocycles. The molecule has 0 unspecified atom stereocenters. The number of nitrogens with zero attached hydrogens (tertiary/aromatic N) is 3. The number of urea groups is 1. The van der Waals surface area contributed by atoms with Gasteiger partial charge in [-0.2, -0.15) is 0 Å². The minimum Gasteiger partial charge on any atom is -0.458 e. The molecule has 0 spiro atoms. The quantitative estimate of drug-likeness (QED) is 0.615. The van der Waals surface area contributed by atoms with Crippen LogP contribution in [-0.2, 0) is 20.9 Å². The summed E-state index contributed by atoms with van der Waals surface area (Å²) in [4.78, 5) is 41.7. The van der Waals surface area contributed by atoms with Crippen LogP contribution >= 0.6 is 11.3 Å². The number of carbonyl (C=O) groups is 3. The van der Waals surface area contributed by atoms with Crippen LogP contribution in [0.15, 0.2) is 29.6 Å². The van der Waals surface area contributed by atoms with E-state index in [9.17, 15) is 14.4 Å². The van der Waals surface area contributed by atoms with Crippen LogP contribution in [0.4, 0.5) is 15.6 Å². The Kier molecular flexibility index (Phi) is 5.17. The SMILES string of the molecule is Cc1ccc(Nc2nc(COC(=O)CN3C(=O)CN(C)C3=O)cs2)cc1. The van der Waals surface area contributed by atoms with Crippen molar-refractivity contribution in [2.45, 2.75) is 13.5 Å². The second-order valence-corrected chi connectivity index (χ2v) is 6.77. The Morgan fingerprint density at radius 3 is 2.69 bits per heavy atom. The Balaban J connectivity index is 1.50. The molecule has 1 aromatic carbocycles. The van der Waals surface area contributed by atoms with Gasteiger partial charge >= 0.3 is 12.0 Å². The molecule has 9 heteroatoms. The lowest BCUT2D eigenvalue weighted by Gasteiger charge is -2.12. The van der Waals surface area contributed by atoms with E-state index in [2.05, 4.69) is 10.3 Å². The second kappa shape index (κ2) is 7.52. The number of aryl methyl sites for hydroxylation is 1. The van der Waals surface area contributed by atoms with E-state index in [1.807, 2.05) is 31.2 Å². The van der Waals surface area contributed by atoms with Crippen molar-refractivity contribution in [3.63, 3.8) is 0 Å². The molecule has 0 atom stereocenters. The molecular weight excluding hydrogens is 356 g/mol. The van der Waals surface area contributed by atoms with Gasteiger partial charge in [-0.05, 0) is 19.1 Å². The molecule has 1 fully saturated rings. The Hall–Kier alpha value is -2.94. The first kappa shape index (κ1) is 17.9. The van der Waals surface area contributed by atoms with Gasteiger partial charge in [0.05, 0.1) is 5.69 Å². The van der Waals surface area contributed by atoms with Crippen molar-refractivity contribution >= 4 is 40.1 Å². The lowest BCUT2D eigenvalue weighted by atomic mass is 10.2. The number of aromatic nitrogens is 1. The number of nitrogens with one attached hydrogen (secondary N) is 1. The molecule has 0 radical (unpaired) electrons. The van der Waals surface area contributed by atoms with Gasteiger partial charge in [0.1, 0.15) is 19.7 Å². The number of carbonyl (C=O) groups excluding carboxylic acids is 3. The summed E-state index contributed by atoms with van der Waals surface area (Å²) in [6.45, 7) is 1.59. The van der Waals surface area contributed by atoms with E-state index in [4.69, 9.17) is 4.74 Å². The minimum atomic E-state index is -0.650. The molecule has 0 bridgehead atoms. The van der Waals surface area contributed by atoms with Gasteiger partial charge in [-0.25, -0.2) is 9.78 Å². The molecule has 2 aromatic rings. The van der Waals surface area contributed by atoms with Crippen molar-refractivity contribution in [1.82, 2.24) is 14.8 Å². The standard InChI is InChI=1S/C17H18N4O4S/c1-11-3-5-12(6-4-11)18-16-19-13(10-26-16)9-25-15(23)8-21-14(22)7-20(2)17(21)24/h3-6,10H,7-9H2,1-2H3,(H,18,19). The number of esters is 1. The van der Waals surface area contributed by atoms with E-state index in [1.165, 1.54) is 28.8 Å². The number of hydrogen-bond donors (Lipinski definition) is 1. The summed E-state index contributed by atoms with van der Waals surface area (Å²) >= 11 is 1.40. The molecule has 8 nitrogen and oxygen atoms in total. The number of hydrogen-bond acceptors (Lipinski definition) is 7. The van der Waals surface area contributed by atoms with Crippen molar-refractivity contribution < 1.29 is 19.1 Å². The predicted molar refractivity (Wildman–Crippen MR) is 96.1 cm³/mol. The third kappa shape index (κ3) is 4.17. The van der Waals surface area contributed by atoms with Gasteiger partial charge in [0.15, 0.2) is 5.13 Å². The van der Waals surface area contributed by atoms with Crippen molar-refractivity contribution in [2.24, 2.45) is 0 Å². The minimum absolute atomic E-state index is 0.0169. The highest BCUT2D eigenvalue weighted by molar-refractivity contribution is 7.13. The maximum absolute atomic E-state index is 11.9. The Bertz CT molecular complexity index is 834. The van der Waals surface area contributed by atoms with Crippen LogP contribution in [0.2, 0.25) is 0 Å². The number of thiazole rings is 1. The van der Waals surface area contributed by atoms with E-state index in [1.54, 1.807) is 5.38 Å². The van der Waals surface area contributed by atoms with Crippen molar-refractivity contribution in [3.05, 3.63) is 40.9 Å². The number of anilines is 2. The van der Waals surface area contributed by atoms with Crippen molar-refractivity contribution in [3.8, 4) is 0 Å². The summed E-state index contributed by atoms with van der Waals surface area (Å²) in [5.41, 5.74) is 2.68. The number of likely N-dealkylation sites (N-methyl/N-ethyl adjacent to an activating group) is 1. The summed E-state index contributed by atoms with van der Waals surface area (Å²) in [6, 6.07) is 7.41. The monoisotopic (exact) mass is 374 g/mol. The smallest absolute Gasteiger partial charge is 0.327 e. The second-order valence-electron chi connectivity index (χ2n) is 5.91. The van der Waals surface area contributed by atoms with Crippen LogP contribution in [0.25, 0.3) is 0 Å². The van der Waals surface area contributed by atoms with E-state index in [0.717, 1.165) is 10.6 Å². The summed E-state index contributed by atoms with van der Waals surface area (Å²) < 4.78 is 5.11. The summed E-state index contributed by atoms with van der Waals surface area (Å²) in [5.74, 6) is -1.06. The van der Waals surface area contributed by atoms with Gasteiger partial charge in [-0.3, -0.25) is 14.5 Å². The van der Waals surface area contributed by atoms with Crippen LogP contribution in [0.1, 0.15) is 11.3 Å². The molecule has 1 aromatic heterocycles. The molecule has 1 N–H and O–H groups in total. The normalized spacial score (nSPS) is 14.1. The maximum atomic E-state index is 11.9. The van der Waals surface area contributed by atoms with Gasteiger partial charge < -0.3 is 15.0 Å². The first-order valence-corrected chi connectivity index (χ1v) is 8.79. The number of amides is 3. The van der Waals surface area contributed by atoms with Crippen LogP contribution in [0, 0.1) is 6.92 Å². The molecule has 3 amide bonds. The molecule has 3 rings (SSSR count). The highest BCUT2D eigenvalue weighted by Crippen LogP contribution is 2.21. The molecule has 1 aliphatic rings. The molecule has 26 heavy (non-hydrogen) atoms. The van der Waals surface area contributed by atoms with E-state index < -0.39 is 17.9 Å². The van der Waals surface area contributed by atoms with Crippen LogP contribution in [-0.4, -0.2) is 52.8 Å². The Labute approximate surface area is 154 Å². The maximum Gasteiger partial charge on any atom is 0.327 e. The van der Waals surface area contributed by atoms with Gasteiger partial charge in [-0.1, -0.05) is 17.7 Å². The zero-order valence-electron chi connectivity index (χ0n) is 14.4. The third-order valence-corrected chi connectivity index (χ3v) is 4.56. The predicted octanol–water partition coefficient (Wildman–Crippen LogP) is 2.13. The first-order chi connectivity index (χ1) is 12.4. The van der Waals surface area contributed by atoms with E-state index in [-0.39, 0.29) is 19.7 Å². The highest BCUT2D eigenvalue weighted by Gasteiger charge is 2.35. The number of imide groups is 1. The number of ether oxygens (including phenoxy) is 1. The molecule has 2 heterocycles. The summed E-state index contributed by atoms with van der Waals surface area (Å²) in [6.07, 6.45) is 0. The van der Waals surface area contributed by atoms with E-state index >= 15 is 0 Å². The molecule has 0 aliphatic carbocycles. The average molecular weight is 374 g/mol. The largest absolute Gasteiger partial charge is 0.458 e. The van der Waals surface area contributed by atoms with Crippen LogP contribution in [0.5, 0.6) is 0 Å². The number of rotatable bonds is 6. The lowest BCUT2D eigenvalue weighted by molar-refractivity contribution is -0.148. The van der Waals surface area contributed by atoms with Crippen molar-refractivity contribution in [2.75, 3.05) is 25.5 Å². The fourth-order valence-electron chi connectivity index (χ4n) is 2.34.